The third-order valence-corrected chi connectivity index (χ3v) is 6.22. The van der Waals surface area contributed by atoms with E-state index in [1.54, 1.807) is 6.92 Å². The number of hydrogen-bond donors (Lipinski definition) is 1. The molecule has 3 heterocycles. The predicted molar refractivity (Wildman–Crippen MR) is 120 cm³/mol. The van der Waals surface area contributed by atoms with E-state index in [1.165, 1.54) is 12.8 Å². The molecule has 2 fully saturated rings. The molecular formula is C24H29N5O3. The van der Waals surface area contributed by atoms with Crippen molar-refractivity contribution in [1.29, 1.82) is 0 Å². The topological polar surface area (TPSA) is 95.2 Å². The zero-order valence-corrected chi connectivity index (χ0v) is 18.6. The molecule has 1 atom stereocenters. The van der Waals surface area contributed by atoms with Crippen LogP contribution in [0.25, 0.3) is 22.6 Å². The van der Waals surface area contributed by atoms with E-state index < -0.39 is 0 Å². The number of aromatic nitrogens is 4. The molecule has 8 heteroatoms. The van der Waals surface area contributed by atoms with Crippen LogP contribution >= 0.6 is 0 Å². The lowest BCUT2D eigenvalue weighted by Crippen LogP contribution is -2.26. The quantitative estimate of drug-likeness (QED) is 0.597. The molecule has 0 bridgehead atoms. The SMILES string of the molecule is Cc1nnc(-c2cccc(-c3cnc(NC4CCC(C)CC4)nc3OC3CCOC3)c2)o1. The second-order valence-corrected chi connectivity index (χ2v) is 8.82. The van der Waals surface area contributed by atoms with E-state index in [9.17, 15) is 0 Å². The molecule has 1 unspecified atom stereocenters. The molecule has 0 amide bonds. The van der Waals surface area contributed by atoms with E-state index in [2.05, 4.69) is 27.4 Å². The van der Waals surface area contributed by atoms with Crippen molar-refractivity contribution in [2.75, 3.05) is 18.5 Å². The van der Waals surface area contributed by atoms with Gasteiger partial charge in [0.15, 0.2) is 0 Å². The number of aryl methyl sites for hydroxylation is 1. The first kappa shape index (κ1) is 20.9. The van der Waals surface area contributed by atoms with Crippen LogP contribution in [0.2, 0.25) is 0 Å². The summed E-state index contributed by atoms with van der Waals surface area (Å²) in [5.74, 6) is 3.01. The highest BCUT2D eigenvalue weighted by Crippen LogP contribution is 2.33. The van der Waals surface area contributed by atoms with E-state index in [-0.39, 0.29) is 6.10 Å². The Kier molecular flexibility index (Phi) is 6.03. The number of nitrogens with zero attached hydrogens (tertiary/aromatic N) is 4. The maximum atomic E-state index is 6.29. The van der Waals surface area contributed by atoms with Gasteiger partial charge in [-0.25, -0.2) is 4.98 Å². The van der Waals surface area contributed by atoms with Crippen LogP contribution in [0.4, 0.5) is 5.95 Å². The number of ether oxygens (including phenoxy) is 2. The molecule has 3 aromatic rings. The van der Waals surface area contributed by atoms with Crippen molar-refractivity contribution in [1.82, 2.24) is 20.2 Å². The molecule has 2 aromatic heterocycles. The Hall–Kier alpha value is -3.00. The third-order valence-electron chi connectivity index (χ3n) is 6.22. The van der Waals surface area contributed by atoms with Crippen molar-refractivity contribution < 1.29 is 13.9 Å². The van der Waals surface area contributed by atoms with Crippen molar-refractivity contribution in [3.8, 4) is 28.5 Å². The van der Waals surface area contributed by atoms with E-state index in [4.69, 9.17) is 18.9 Å². The molecule has 5 rings (SSSR count). The lowest BCUT2D eigenvalue weighted by Gasteiger charge is -2.27. The van der Waals surface area contributed by atoms with E-state index >= 15 is 0 Å². The van der Waals surface area contributed by atoms with Gasteiger partial charge in [0.1, 0.15) is 6.10 Å². The number of benzene rings is 1. The monoisotopic (exact) mass is 435 g/mol. The summed E-state index contributed by atoms with van der Waals surface area (Å²) in [5, 5.41) is 11.6. The van der Waals surface area contributed by atoms with Gasteiger partial charge in [-0.05, 0) is 49.3 Å². The highest BCUT2D eigenvalue weighted by atomic mass is 16.5. The summed E-state index contributed by atoms with van der Waals surface area (Å²) in [6.45, 7) is 5.39. The predicted octanol–water partition coefficient (Wildman–Crippen LogP) is 4.66. The maximum absolute atomic E-state index is 6.29. The van der Waals surface area contributed by atoms with Gasteiger partial charge in [0.2, 0.25) is 23.6 Å². The first-order valence-corrected chi connectivity index (χ1v) is 11.4. The molecule has 8 nitrogen and oxygen atoms in total. The zero-order chi connectivity index (χ0) is 21.9. The van der Waals surface area contributed by atoms with E-state index in [0.717, 1.165) is 41.9 Å². The fraction of sp³-hybridized carbons (Fsp3) is 0.500. The van der Waals surface area contributed by atoms with E-state index in [0.29, 0.717) is 42.9 Å². The van der Waals surface area contributed by atoms with Crippen LogP contribution in [0.15, 0.2) is 34.9 Å². The number of nitrogens with one attached hydrogen (secondary N) is 1. The van der Waals surface area contributed by atoms with Crippen molar-refractivity contribution in [3.05, 3.63) is 36.4 Å². The number of rotatable bonds is 6. The summed E-state index contributed by atoms with van der Waals surface area (Å²) in [6, 6.07) is 8.33. The molecule has 0 radical (unpaired) electrons. The Balaban J connectivity index is 1.44. The Morgan fingerprint density at radius 1 is 1.06 bits per heavy atom. The lowest BCUT2D eigenvalue weighted by molar-refractivity contribution is 0.138. The highest BCUT2D eigenvalue weighted by molar-refractivity contribution is 5.73. The summed E-state index contributed by atoms with van der Waals surface area (Å²) < 4.78 is 17.4. The van der Waals surface area contributed by atoms with Gasteiger partial charge in [-0.3, -0.25) is 0 Å². The van der Waals surface area contributed by atoms with Crippen LogP contribution in [0.5, 0.6) is 5.88 Å². The number of anilines is 1. The minimum Gasteiger partial charge on any atom is -0.471 e. The first-order valence-electron chi connectivity index (χ1n) is 11.4. The molecule has 1 N–H and O–H groups in total. The molecular weight excluding hydrogens is 406 g/mol. The Morgan fingerprint density at radius 2 is 1.91 bits per heavy atom. The minimum atomic E-state index is -0.00574. The van der Waals surface area contributed by atoms with Crippen LogP contribution in [0.1, 0.15) is 44.9 Å². The molecule has 1 aromatic carbocycles. The van der Waals surface area contributed by atoms with Crippen molar-refractivity contribution in [2.45, 2.75) is 58.1 Å². The Bertz CT molecular complexity index is 1060. The summed E-state index contributed by atoms with van der Waals surface area (Å²) >= 11 is 0. The third kappa shape index (κ3) is 4.75. The summed E-state index contributed by atoms with van der Waals surface area (Å²) in [4.78, 5) is 9.41. The normalized spacial score (nSPS) is 23.2. The highest BCUT2D eigenvalue weighted by Gasteiger charge is 2.23. The molecule has 168 valence electrons. The fourth-order valence-electron chi connectivity index (χ4n) is 4.31. The molecule has 1 aliphatic heterocycles. The summed E-state index contributed by atoms with van der Waals surface area (Å²) in [5.41, 5.74) is 2.61. The van der Waals surface area contributed by atoms with Crippen LogP contribution < -0.4 is 10.1 Å². The van der Waals surface area contributed by atoms with Gasteiger partial charge in [0.05, 0.1) is 18.8 Å². The average molecular weight is 436 g/mol. The van der Waals surface area contributed by atoms with Crippen LogP contribution in [-0.4, -0.2) is 45.5 Å². The maximum Gasteiger partial charge on any atom is 0.247 e. The van der Waals surface area contributed by atoms with Gasteiger partial charge < -0.3 is 19.2 Å². The van der Waals surface area contributed by atoms with Crippen molar-refractivity contribution >= 4 is 5.95 Å². The second kappa shape index (κ2) is 9.24. The van der Waals surface area contributed by atoms with Gasteiger partial charge in [0.25, 0.3) is 0 Å². The molecule has 0 spiro atoms. The van der Waals surface area contributed by atoms with Crippen LogP contribution in [0, 0.1) is 12.8 Å². The average Bonchev–Trinajstić information content (AvgIpc) is 3.47. The summed E-state index contributed by atoms with van der Waals surface area (Å²) in [6.07, 6.45) is 7.45. The first-order chi connectivity index (χ1) is 15.6. The Labute approximate surface area is 187 Å². The zero-order valence-electron chi connectivity index (χ0n) is 18.6. The summed E-state index contributed by atoms with van der Waals surface area (Å²) in [7, 11) is 0. The number of hydrogen-bond acceptors (Lipinski definition) is 8. The molecule has 1 aliphatic carbocycles. The molecule has 1 saturated carbocycles. The van der Waals surface area contributed by atoms with Gasteiger partial charge in [-0.2, -0.15) is 4.98 Å². The van der Waals surface area contributed by atoms with Crippen molar-refractivity contribution in [3.63, 3.8) is 0 Å². The molecule has 2 aliphatic rings. The smallest absolute Gasteiger partial charge is 0.247 e. The largest absolute Gasteiger partial charge is 0.471 e. The van der Waals surface area contributed by atoms with Crippen LogP contribution in [-0.2, 0) is 4.74 Å². The fourth-order valence-corrected chi connectivity index (χ4v) is 4.31. The lowest BCUT2D eigenvalue weighted by atomic mass is 9.87. The van der Waals surface area contributed by atoms with Crippen LogP contribution in [0.3, 0.4) is 0 Å². The second-order valence-electron chi connectivity index (χ2n) is 8.82. The van der Waals surface area contributed by atoms with Crippen molar-refractivity contribution in [2.24, 2.45) is 5.92 Å². The Morgan fingerprint density at radius 3 is 2.66 bits per heavy atom. The molecule has 1 saturated heterocycles. The molecule has 32 heavy (non-hydrogen) atoms. The minimum absolute atomic E-state index is 0.00574. The van der Waals surface area contributed by atoms with E-state index in [1.807, 2.05) is 30.5 Å². The van der Waals surface area contributed by atoms with Gasteiger partial charge >= 0.3 is 0 Å². The van der Waals surface area contributed by atoms with Gasteiger partial charge in [-0.15, -0.1) is 10.2 Å². The van der Waals surface area contributed by atoms with Gasteiger partial charge in [0, 0.05) is 31.1 Å². The van der Waals surface area contributed by atoms with Gasteiger partial charge in [-0.1, -0.05) is 19.1 Å². The standard InChI is InChI=1S/C24H29N5O3/c1-15-6-8-19(9-7-15)26-24-25-13-21(23(27-24)32-20-10-11-30-14-20)17-4-3-5-18(12-17)22-29-28-16(2)31-22/h3-5,12-13,15,19-20H,6-11,14H2,1-2H3,(H,25,26,27).